The highest BCUT2D eigenvalue weighted by molar-refractivity contribution is 5.85. The van der Waals surface area contributed by atoms with E-state index in [1.807, 2.05) is 0 Å². The lowest BCUT2D eigenvalue weighted by molar-refractivity contribution is -0.146. The van der Waals surface area contributed by atoms with Gasteiger partial charge in [-0.25, -0.2) is 0 Å². The van der Waals surface area contributed by atoms with Gasteiger partial charge in [0, 0.05) is 6.42 Å². The Morgan fingerprint density at radius 1 is 1.31 bits per heavy atom. The van der Waals surface area contributed by atoms with Crippen LogP contribution in [0.3, 0.4) is 0 Å². The molecular formula is C6H12ClNO5. The molecule has 13 heavy (non-hydrogen) atoms. The molecule has 0 aromatic rings. The highest BCUT2D eigenvalue weighted by Gasteiger charge is 2.33. The van der Waals surface area contributed by atoms with Gasteiger partial charge in [0.15, 0.2) is 0 Å². The van der Waals surface area contributed by atoms with Crippen molar-refractivity contribution in [1.82, 2.24) is 0 Å². The van der Waals surface area contributed by atoms with Crippen molar-refractivity contribution >= 4 is 24.3 Å². The number of aliphatic carboxylic acids is 2. The van der Waals surface area contributed by atoms with Gasteiger partial charge in [0.1, 0.15) is 5.54 Å². The van der Waals surface area contributed by atoms with Gasteiger partial charge in [-0.2, -0.15) is 0 Å². The number of hydrogen-bond donors (Lipinski definition) is 4. The Balaban J connectivity index is 0. The van der Waals surface area contributed by atoms with E-state index in [0.29, 0.717) is 0 Å². The summed E-state index contributed by atoms with van der Waals surface area (Å²) >= 11 is 0. The minimum absolute atomic E-state index is 0. The summed E-state index contributed by atoms with van der Waals surface area (Å²) in [6, 6.07) is 0. The lowest BCUT2D eigenvalue weighted by Gasteiger charge is -2.20. The Bertz CT molecular complexity index is 197. The number of hydrogen-bond acceptors (Lipinski definition) is 4. The van der Waals surface area contributed by atoms with E-state index in [9.17, 15) is 9.59 Å². The van der Waals surface area contributed by atoms with E-state index in [-0.39, 0.29) is 25.2 Å². The maximum Gasteiger partial charge on any atom is 0.326 e. The zero-order valence-corrected chi connectivity index (χ0v) is 7.58. The predicted molar refractivity (Wildman–Crippen MR) is 45.8 cm³/mol. The van der Waals surface area contributed by atoms with Crippen LogP contribution in [0.4, 0.5) is 0 Å². The molecule has 5 N–H and O–H groups in total. The van der Waals surface area contributed by atoms with E-state index in [4.69, 9.17) is 21.1 Å². The maximum absolute atomic E-state index is 10.4. The van der Waals surface area contributed by atoms with E-state index in [2.05, 4.69) is 0 Å². The second kappa shape index (κ2) is 5.74. The smallest absolute Gasteiger partial charge is 0.326 e. The molecule has 0 aliphatic heterocycles. The molecule has 7 heteroatoms. The molecule has 0 radical (unpaired) electrons. The first-order chi connectivity index (χ1) is 5.42. The molecule has 6 nitrogen and oxygen atoms in total. The fraction of sp³-hybridized carbons (Fsp3) is 0.667. The normalized spacial score (nSPS) is 14.0. The van der Waals surface area contributed by atoms with Crippen LogP contribution in [0, 0.1) is 0 Å². The highest BCUT2D eigenvalue weighted by atomic mass is 35.5. The summed E-state index contributed by atoms with van der Waals surface area (Å²) in [7, 11) is 0. The molecule has 0 aliphatic carbocycles. The molecule has 0 unspecified atom stereocenters. The number of carboxylic acids is 2. The average molecular weight is 214 g/mol. The van der Waals surface area contributed by atoms with Gasteiger partial charge in [-0.3, -0.25) is 9.59 Å². The van der Waals surface area contributed by atoms with Crippen LogP contribution in [0.1, 0.15) is 12.8 Å². The molecule has 0 amide bonds. The van der Waals surface area contributed by atoms with Gasteiger partial charge in [-0.15, -0.1) is 12.4 Å². The molecule has 0 bridgehead atoms. The van der Waals surface area contributed by atoms with Gasteiger partial charge in [0.25, 0.3) is 0 Å². The Morgan fingerprint density at radius 2 is 1.77 bits per heavy atom. The summed E-state index contributed by atoms with van der Waals surface area (Å²) in [4.78, 5) is 20.4. The van der Waals surface area contributed by atoms with Crippen molar-refractivity contribution in [3.8, 4) is 0 Å². The fourth-order valence-electron chi connectivity index (χ4n) is 0.584. The summed E-state index contributed by atoms with van der Waals surface area (Å²) in [6.07, 6.45) is -0.655. The van der Waals surface area contributed by atoms with E-state index < -0.39 is 24.1 Å². The number of carbonyl (C=O) groups is 2. The number of aliphatic hydroxyl groups is 1. The number of halogens is 1. The summed E-state index contributed by atoms with van der Waals surface area (Å²) in [6.45, 7) is -0.768. The number of nitrogens with two attached hydrogens (primary N) is 1. The van der Waals surface area contributed by atoms with Crippen LogP contribution in [0.25, 0.3) is 0 Å². The first kappa shape index (κ1) is 14.7. The summed E-state index contributed by atoms with van der Waals surface area (Å²) in [5.74, 6) is -2.54. The molecule has 0 saturated heterocycles. The fourth-order valence-corrected chi connectivity index (χ4v) is 0.584. The van der Waals surface area contributed by atoms with Crippen LogP contribution in [-0.2, 0) is 9.59 Å². The van der Waals surface area contributed by atoms with Gasteiger partial charge in [-0.05, 0) is 6.42 Å². The summed E-state index contributed by atoms with van der Waals surface area (Å²) in [5.41, 5.74) is 3.34. The zero-order chi connectivity index (χ0) is 9.78. The van der Waals surface area contributed by atoms with Gasteiger partial charge < -0.3 is 21.1 Å². The number of carboxylic acid groups (broad SMARTS) is 2. The second-order valence-electron chi connectivity index (χ2n) is 2.51. The Labute approximate surface area is 80.8 Å². The van der Waals surface area contributed by atoms with Crippen LogP contribution in [0.5, 0.6) is 0 Å². The van der Waals surface area contributed by atoms with Gasteiger partial charge in [-0.1, -0.05) is 0 Å². The molecule has 0 aromatic carbocycles. The van der Waals surface area contributed by atoms with Crippen molar-refractivity contribution in [2.75, 3.05) is 6.61 Å². The van der Waals surface area contributed by atoms with Crippen LogP contribution in [0.2, 0.25) is 0 Å². The lowest BCUT2D eigenvalue weighted by Crippen LogP contribution is -2.51. The Morgan fingerprint density at radius 3 is 2.00 bits per heavy atom. The zero-order valence-electron chi connectivity index (χ0n) is 6.77. The number of aliphatic hydroxyl groups excluding tert-OH is 1. The van der Waals surface area contributed by atoms with Crippen molar-refractivity contribution in [2.45, 2.75) is 18.4 Å². The Kier molecular flexibility index (Phi) is 6.47. The van der Waals surface area contributed by atoms with E-state index in [1.165, 1.54) is 0 Å². The highest BCUT2D eigenvalue weighted by Crippen LogP contribution is 2.08. The average Bonchev–Trinajstić information content (AvgIpc) is 1.99. The van der Waals surface area contributed by atoms with Crippen LogP contribution >= 0.6 is 12.4 Å². The third-order valence-corrected chi connectivity index (χ3v) is 1.49. The maximum atomic E-state index is 10.4. The van der Waals surface area contributed by atoms with Crippen molar-refractivity contribution in [2.24, 2.45) is 5.73 Å². The van der Waals surface area contributed by atoms with Gasteiger partial charge in [0.2, 0.25) is 0 Å². The largest absolute Gasteiger partial charge is 0.481 e. The van der Waals surface area contributed by atoms with Crippen molar-refractivity contribution in [1.29, 1.82) is 0 Å². The van der Waals surface area contributed by atoms with Crippen LogP contribution in [0.15, 0.2) is 0 Å². The molecule has 0 aliphatic rings. The molecule has 0 heterocycles. The van der Waals surface area contributed by atoms with Crippen LogP contribution in [-0.4, -0.2) is 39.4 Å². The first-order valence-electron chi connectivity index (χ1n) is 3.27. The third kappa shape index (κ3) is 4.66. The summed E-state index contributed by atoms with van der Waals surface area (Å²) < 4.78 is 0. The molecule has 78 valence electrons. The van der Waals surface area contributed by atoms with Crippen molar-refractivity contribution in [3.63, 3.8) is 0 Å². The van der Waals surface area contributed by atoms with Gasteiger partial charge >= 0.3 is 11.9 Å². The predicted octanol–water partition coefficient (Wildman–Crippen LogP) is -0.953. The lowest BCUT2D eigenvalue weighted by atomic mass is 9.96. The van der Waals surface area contributed by atoms with Crippen molar-refractivity contribution in [3.05, 3.63) is 0 Å². The quantitative estimate of drug-likeness (QED) is 0.467. The Hall–Kier alpha value is -0.850. The first-order valence-corrected chi connectivity index (χ1v) is 3.27. The molecule has 0 aromatic heterocycles. The second-order valence-corrected chi connectivity index (χ2v) is 2.51. The third-order valence-electron chi connectivity index (χ3n) is 1.49. The molecular weight excluding hydrogens is 202 g/mol. The SMILES string of the molecule is Cl.N[C@@](CO)(CCC(=O)O)C(=O)O. The van der Waals surface area contributed by atoms with Crippen LogP contribution < -0.4 is 5.73 Å². The standard InChI is InChI=1S/C6H11NO5.ClH/c7-6(3-8,5(11)12)2-1-4(9)10;/h8H,1-3,7H2,(H,9,10)(H,11,12);1H/t6-;/m1./s1. The molecule has 0 spiro atoms. The van der Waals surface area contributed by atoms with E-state index in [0.717, 1.165) is 0 Å². The van der Waals surface area contributed by atoms with E-state index >= 15 is 0 Å². The molecule has 0 saturated carbocycles. The molecule has 1 atom stereocenters. The minimum atomic E-state index is -1.83. The van der Waals surface area contributed by atoms with E-state index in [1.54, 1.807) is 0 Å². The molecule has 0 fully saturated rings. The monoisotopic (exact) mass is 213 g/mol. The van der Waals surface area contributed by atoms with Gasteiger partial charge in [0.05, 0.1) is 6.61 Å². The topological polar surface area (TPSA) is 121 Å². The number of rotatable bonds is 5. The molecule has 0 rings (SSSR count). The van der Waals surface area contributed by atoms with Crippen molar-refractivity contribution < 1.29 is 24.9 Å². The summed E-state index contributed by atoms with van der Waals surface area (Å²) in [5, 5.41) is 25.3. The minimum Gasteiger partial charge on any atom is -0.481 e.